The Labute approximate surface area is 64.2 Å². The van der Waals surface area contributed by atoms with E-state index in [1.807, 2.05) is 0 Å². The van der Waals surface area contributed by atoms with E-state index in [0.29, 0.717) is 5.41 Å². The van der Waals surface area contributed by atoms with Crippen LogP contribution in [0.4, 0.5) is 0 Å². The summed E-state index contributed by atoms with van der Waals surface area (Å²) in [6, 6.07) is 0. The fourth-order valence-electron chi connectivity index (χ4n) is 1.83. The zero-order valence-electron chi connectivity index (χ0n) is 7.19. The van der Waals surface area contributed by atoms with Gasteiger partial charge in [-0.15, -0.1) is 13.1 Å². The molecule has 1 fully saturated rings. The molecule has 0 radical (unpaired) electrons. The summed E-state index contributed by atoms with van der Waals surface area (Å²) in [5.41, 5.74) is 0.668. The van der Waals surface area contributed by atoms with Gasteiger partial charge in [-0.05, 0) is 5.41 Å². The quantitative estimate of drug-likeness (QED) is 0.560. The minimum atomic E-state index is 0.668. The highest BCUT2D eigenvalue weighted by Crippen LogP contribution is 2.38. The average molecular weight is 140 g/mol. The third kappa shape index (κ3) is 1.51. The van der Waals surface area contributed by atoms with E-state index in [-0.39, 0.29) is 0 Å². The van der Waals surface area contributed by atoms with Crippen LogP contribution < -0.4 is 0 Å². The summed E-state index contributed by atoms with van der Waals surface area (Å²) >= 11 is 0. The second-order valence-electron chi connectivity index (χ2n) is 3.38. The molecule has 1 rings (SSSR count). The van der Waals surface area contributed by atoms with E-state index in [4.69, 9.17) is 0 Å². The Morgan fingerprint density at radius 2 is 1.60 bits per heavy atom. The molecule has 0 amide bonds. The lowest BCUT2D eigenvalue weighted by Gasteiger charge is -2.42. The Bertz CT molecular complexity index is 86.9. The summed E-state index contributed by atoms with van der Waals surface area (Å²) in [7, 11) is 0. The van der Waals surface area contributed by atoms with Gasteiger partial charge in [-0.1, -0.05) is 39.5 Å². The molecule has 0 aromatic carbocycles. The van der Waals surface area contributed by atoms with Gasteiger partial charge in [-0.2, -0.15) is 0 Å². The molecule has 0 aromatic heterocycles. The zero-order chi connectivity index (χ0) is 7.45. The van der Waals surface area contributed by atoms with E-state index in [9.17, 15) is 0 Å². The van der Waals surface area contributed by atoms with Gasteiger partial charge in [0.1, 0.15) is 0 Å². The highest BCUT2D eigenvalue weighted by molar-refractivity contribution is 4.94. The van der Waals surface area contributed by atoms with Crippen molar-refractivity contribution in [1.29, 1.82) is 0 Å². The Morgan fingerprint density at radius 1 is 1.10 bits per heavy atom. The van der Waals surface area contributed by atoms with Crippen molar-refractivity contribution in [1.82, 2.24) is 0 Å². The maximum Gasteiger partial charge on any atom is -0.0335 e. The summed E-state index contributed by atoms with van der Waals surface area (Å²) in [5.74, 6) is 0. The average Bonchev–Trinajstić information content (AvgIpc) is 2.06. The maximum atomic E-state index is 4.37. The lowest BCUT2D eigenvalue weighted by atomic mass is 9.75. The molecule has 1 aliphatic rings. The van der Waals surface area contributed by atoms with Gasteiger partial charge >= 0.3 is 0 Å². The van der Waals surface area contributed by atoms with Gasteiger partial charge in [-0.3, -0.25) is 0 Å². The molecule has 0 N–H and O–H groups in total. The largest absolute Gasteiger partial charge is 0.662 e. The van der Waals surface area contributed by atoms with Crippen LogP contribution in [0.1, 0.15) is 39.5 Å². The van der Waals surface area contributed by atoms with Gasteiger partial charge in [0.05, 0.1) is 0 Å². The van der Waals surface area contributed by atoms with Crippen LogP contribution in [-0.4, -0.2) is 13.1 Å². The standard InChI is InChI=1S/C9H18N/c1-3-9(4-2)5-7-10-8-6-9/h3-8H2,1-2H3/q-1. The summed E-state index contributed by atoms with van der Waals surface area (Å²) < 4.78 is 0. The third-order valence-corrected chi connectivity index (χ3v) is 3.10. The van der Waals surface area contributed by atoms with Crippen molar-refractivity contribution in [2.75, 3.05) is 13.1 Å². The lowest BCUT2D eigenvalue weighted by molar-refractivity contribution is 0.217. The Morgan fingerprint density at radius 3 is 1.90 bits per heavy atom. The molecule has 0 atom stereocenters. The van der Waals surface area contributed by atoms with Crippen molar-refractivity contribution in [3.63, 3.8) is 0 Å². The molecule has 1 nitrogen and oxygen atoms in total. The van der Waals surface area contributed by atoms with Gasteiger partial charge in [0.25, 0.3) is 0 Å². The molecule has 60 valence electrons. The van der Waals surface area contributed by atoms with Crippen LogP contribution in [-0.2, 0) is 0 Å². The van der Waals surface area contributed by atoms with E-state index in [2.05, 4.69) is 19.2 Å². The van der Waals surface area contributed by atoms with Gasteiger partial charge in [0.2, 0.25) is 0 Å². The summed E-state index contributed by atoms with van der Waals surface area (Å²) in [5, 5.41) is 4.37. The summed E-state index contributed by atoms with van der Waals surface area (Å²) in [4.78, 5) is 0. The lowest BCUT2D eigenvalue weighted by Crippen LogP contribution is -2.25. The van der Waals surface area contributed by atoms with Crippen LogP contribution in [0.25, 0.3) is 5.32 Å². The number of piperidine rings is 1. The van der Waals surface area contributed by atoms with Crippen LogP contribution in [0.3, 0.4) is 0 Å². The van der Waals surface area contributed by atoms with Crippen molar-refractivity contribution in [2.45, 2.75) is 39.5 Å². The Balaban J connectivity index is 2.44. The van der Waals surface area contributed by atoms with Crippen LogP contribution in [0.15, 0.2) is 0 Å². The molecule has 10 heavy (non-hydrogen) atoms. The van der Waals surface area contributed by atoms with E-state index in [1.54, 1.807) is 0 Å². The van der Waals surface area contributed by atoms with Gasteiger partial charge in [0, 0.05) is 0 Å². The minimum Gasteiger partial charge on any atom is -0.662 e. The van der Waals surface area contributed by atoms with Crippen molar-refractivity contribution < 1.29 is 0 Å². The van der Waals surface area contributed by atoms with Crippen molar-refractivity contribution in [2.24, 2.45) is 5.41 Å². The first-order valence-corrected chi connectivity index (χ1v) is 4.46. The topological polar surface area (TPSA) is 14.1 Å². The first kappa shape index (κ1) is 8.06. The molecule has 0 unspecified atom stereocenters. The Hall–Kier alpha value is -0.0400. The first-order valence-electron chi connectivity index (χ1n) is 4.46. The van der Waals surface area contributed by atoms with Crippen LogP contribution in [0, 0.1) is 5.41 Å². The molecule has 0 aliphatic carbocycles. The van der Waals surface area contributed by atoms with E-state index in [1.165, 1.54) is 25.7 Å². The Kier molecular flexibility index (Phi) is 2.72. The molecule has 0 saturated carbocycles. The summed E-state index contributed by atoms with van der Waals surface area (Å²) in [6.45, 7) is 6.85. The number of rotatable bonds is 2. The molecular formula is C9H18N-. The van der Waals surface area contributed by atoms with Crippen LogP contribution in [0.2, 0.25) is 0 Å². The van der Waals surface area contributed by atoms with Gasteiger partial charge in [-0.25, -0.2) is 0 Å². The van der Waals surface area contributed by atoms with Crippen molar-refractivity contribution in [3.05, 3.63) is 5.32 Å². The smallest absolute Gasteiger partial charge is 0.0335 e. The normalized spacial score (nSPS) is 24.6. The molecule has 0 bridgehead atoms. The van der Waals surface area contributed by atoms with Crippen LogP contribution >= 0.6 is 0 Å². The molecule has 1 heterocycles. The molecule has 1 saturated heterocycles. The zero-order valence-corrected chi connectivity index (χ0v) is 7.19. The molecule has 1 aliphatic heterocycles. The third-order valence-electron chi connectivity index (χ3n) is 3.10. The second-order valence-corrected chi connectivity index (χ2v) is 3.38. The molecule has 0 aromatic rings. The first-order chi connectivity index (χ1) is 4.83. The molecule has 1 heteroatoms. The highest BCUT2D eigenvalue weighted by Gasteiger charge is 2.23. The predicted molar refractivity (Wildman–Crippen MR) is 45.3 cm³/mol. The molecular weight excluding hydrogens is 122 g/mol. The van der Waals surface area contributed by atoms with E-state index in [0.717, 1.165) is 13.1 Å². The van der Waals surface area contributed by atoms with E-state index < -0.39 is 0 Å². The number of hydrogen-bond donors (Lipinski definition) is 0. The highest BCUT2D eigenvalue weighted by atomic mass is 14.9. The minimum absolute atomic E-state index is 0.668. The maximum absolute atomic E-state index is 4.37. The van der Waals surface area contributed by atoms with Gasteiger partial charge < -0.3 is 5.32 Å². The number of hydrogen-bond acceptors (Lipinski definition) is 0. The second kappa shape index (κ2) is 3.38. The van der Waals surface area contributed by atoms with Crippen molar-refractivity contribution >= 4 is 0 Å². The monoisotopic (exact) mass is 140 g/mol. The van der Waals surface area contributed by atoms with Crippen molar-refractivity contribution in [3.8, 4) is 0 Å². The number of nitrogens with zero attached hydrogens (tertiary/aromatic N) is 1. The predicted octanol–water partition coefficient (Wildman–Crippen LogP) is 2.96. The fourth-order valence-corrected chi connectivity index (χ4v) is 1.83. The van der Waals surface area contributed by atoms with E-state index >= 15 is 0 Å². The summed E-state index contributed by atoms with van der Waals surface area (Å²) in [6.07, 6.45) is 5.36. The van der Waals surface area contributed by atoms with Gasteiger partial charge in [0.15, 0.2) is 0 Å². The fraction of sp³-hybridized carbons (Fsp3) is 1.00. The SMILES string of the molecule is CCC1(CC)CC[N-]CC1. The van der Waals surface area contributed by atoms with Crippen LogP contribution in [0.5, 0.6) is 0 Å². The molecule has 0 spiro atoms.